The number of aryl methyl sites for hydroxylation is 1. The summed E-state index contributed by atoms with van der Waals surface area (Å²) < 4.78 is 5.58. The summed E-state index contributed by atoms with van der Waals surface area (Å²) in [4.78, 5) is 41.3. The molecule has 2 unspecified atom stereocenters. The van der Waals surface area contributed by atoms with E-state index in [0.717, 1.165) is 21.9 Å². The van der Waals surface area contributed by atoms with Crippen molar-refractivity contribution in [2.45, 2.75) is 58.2 Å². The van der Waals surface area contributed by atoms with E-state index in [0.29, 0.717) is 31.6 Å². The van der Waals surface area contributed by atoms with Crippen LogP contribution in [0.1, 0.15) is 47.9 Å². The number of carbonyl (C=O) groups excluding carboxylic acids is 3. The lowest BCUT2D eigenvalue weighted by atomic mass is 10.2. The van der Waals surface area contributed by atoms with Crippen molar-refractivity contribution in [3.05, 3.63) is 51.7 Å². The van der Waals surface area contributed by atoms with Crippen molar-refractivity contribution in [1.82, 2.24) is 15.5 Å². The van der Waals surface area contributed by atoms with Gasteiger partial charge >= 0.3 is 0 Å². The molecule has 188 valence electrons. The van der Waals surface area contributed by atoms with Crippen LogP contribution in [-0.4, -0.2) is 53.7 Å². The molecule has 1 aromatic heterocycles. The number of nitrogen functional groups attached to an aromatic ring is 1. The summed E-state index contributed by atoms with van der Waals surface area (Å²) in [6.07, 6.45) is 2.09. The lowest BCUT2D eigenvalue weighted by molar-refractivity contribution is -0.140. The van der Waals surface area contributed by atoms with E-state index in [9.17, 15) is 14.4 Å². The molecule has 0 aliphatic carbocycles. The summed E-state index contributed by atoms with van der Waals surface area (Å²) in [5, 5.41) is 13.2. The number of rotatable bonds is 11. The van der Waals surface area contributed by atoms with Gasteiger partial charge in [-0.15, -0.1) is 11.3 Å². The van der Waals surface area contributed by atoms with E-state index in [2.05, 4.69) is 10.6 Å². The molecule has 1 saturated heterocycles. The minimum absolute atomic E-state index is 0.00323. The molecule has 2 heterocycles. The molecule has 1 aromatic carbocycles. The Morgan fingerprint density at radius 3 is 2.63 bits per heavy atom. The lowest BCUT2D eigenvalue weighted by Crippen LogP contribution is -2.51. The van der Waals surface area contributed by atoms with Gasteiger partial charge < -0.3 is 26.0 Å². The average molecular weight is 500 g/mol. The Hall–Kier alpha value is -3.40. The standard InChI is InChI=1S/C25H33N5O4S/c1-16-10-11-21(25(33)29-14-19-13-20(24(26)27)17(2)35-19)30(16)23(32)15-28-22(31)9-6-12-34-18-7-4-3-5-8-18/h3-5,7-8,13,16,21H,6,9-12,14-15H2,1-2H3,(H3,26,27)(H,28,31)(H,29,33). The number of amidine groups is 1. The molecule has 3 rings (SSSR count). The normalized spacial score (nSPS) is 17.1. The molecule has 0 radical (unpaired) electrons. The highest BCUT2D eigenvalue weighted by atomic mass is 32.1. The third kappa shape index (κ3) is 7.29. The van der Waals surface area contributed by atoms with Gasteiger partial charge in [-0.05, 0) is 51.3 Å². The number of para-hydroxylation sites is 1. The zero-order valence-corrected chi connectivity index (χ0v) is 21.0. The summed E-state index contributed by atoms with van der Waals surface area (Å²) in [5.74, 6) is 0.0435. The van der Waals surface area contributed by atoms with Crippen LogP contribution in [-0.2, 0) is 20.9 Å². The minimum Gasteiger partial charge on any atom is -0.494 e. The lowest BCUT2D eigenvalue weighted by Gasteiger charge is -2.28. The summed E-state index contributed by atoms with van der Waals surface area (Å²) in [5.41, 5.74) is 6.25. The quantitative estimate of drug-likeness (QED) is 0.214. The first-order valence-corrected chi connectivity index (χ1v) is 12.5. The monoisotopic (exact) mass is 499 g/mol. The minimum atomic E-state index is -0.568. The van der Waals surface area contributed by atoms with Crippen molar-refractivity contribution in [2.75, 3.05) is 13.2 Å². The molecule has 35 heavy (non-hydrogen) atoms. The fourth-order valence-corrected chi connectivity index (χ4v) is 5.14. The van der Waals surface area contributed by atoms with Gasteiger partial charge in [-0.2, -0.15) is 0 Å². The van der Waals surface area contributed by atoms with Crippen LogP contribution in [0.5, 0.6) is 5.75 Å². The van der Waals surface area contributed by atoms with Gasteiger partial charge in [0.25, 0.3) is 0 Å². The van der Waals surface area contributed by atoms with E-state index in [1.165, 1.54) is 11.3 Å². The Morgan fingerprint density at radius 1 is 1.20 bits per heavy atom. The molecule has 0 saturated carbocycles. The largest absolute Gasteiger partial charge is 0.494 e. The highest BCUT2D eigenvalue weighted by Crippen LogP contribution is 2.25. The van der Waals surface area contributed by atoms with Crippen LogP contribution in [0.4, 0.5) is 0 Å². The molecule has 2 atom stereocenters. The van der Waals surface area contributed by atoms with Crippen LogP contribution in [0.25, 0.3) is 0 Å². The number of nitrogens with two attached hydrogens (primary N) is 1. The third-order valence-corrected chi connectivity index (χ3v) is 7.00. The first kappa shape index (κ1) is 26.2. The van der Waals surface area contributed by atoms with E-state index in [-0.39, 0.29) is 42.6 Å². The van der Waals surface area contributed by atoms with Gasteiger partial charge in [0.15, 0.2) is 0 Å². The molecule has 1 fully saturated rings. The zero-order chi connectivity index (χ0) is 25.4. The van der Waals surface area contributed by atoms with E-state index >= 15 is 0 Å². The van der Waals surface area contributed by atoms with Crippen LogP contribution in [0.2, 0.25) is 0 Å². The number of carbonyl (C=O) groups is 3. The molecule has 0 spiro atoms. The molecule has 5 N–H and O–H groups in total. The van der Waals surface area contributed by atoms with Crippen molar-refractivity contribution in [2.24, 2.45) is 5.73 Å². The van der Waals surface area contributed by atoms with Crippen LogP contribution in [0.3, 0.4) is 0 Å². The maximum absolute atomic E-state index is 12.9. The first-order valence-electron chi connectivity index (χ1n) is 11.7. The highest BCUT2D eigenvalue weighted by molar-refractivity contribution is 7.12. The fraction of sp³-hybridized carbons (Fsp3) is 0.440. The number of nitrogens with zero attached hydrogens (tertiary/aromatic N) is 1. The van der Waals surface area contributed by atoms with E-state index < -0.39 is 6.04 Å². The van der Waals surface area contributed by atoms with Crippen molar-refractivity contribution in [3.8, 4) is 5.75 Å². The van der Waals surface area contributed by atoms with E-state index in [1.807, 2.05) is 50.2 Å². The SMILES string of the molecule is Cc1sc(CNC(=O)C2CCC(C)N2C(=O)CNC(=O)CCCOc2ccccc2)cc1C(=N)N. The van der Waals surface area contributed by atoms with E-state index in [1.54, 1.807) is 4.90 Å². The summed E-state index contributed by atoms with van der Waals surface area (Å²) in [6.45, 7) is 4.38. The number of thiophene rings is 1. The number of nitrogens with one attached hydrogen (secondary N) is 3. The molecule has 1 aliphatic rings. The summed E-state index contributed by atoms with van der Waals surface area (Å²) in [6, 6.07) is 10.5. The summed E-state index contributed by atoms with van der Waals surface area (Å²) >= 11 is 1.48. The molecule has 2 aromatic rings. The topological polar surface area (TPSA) is 138 Å². The second kappa shape index (κ2) is 12.3. The fourth-order valence-electron chi connectivity index (χ4n) is 4.15. The number of hydrogen-bond acceptors (Lipinski definition) is 6. The Balaban J connectivity index is 1.43. The molecule has 0 bridgehead atoms. The second-order valence-corrected chi connectivity index (χ2v) is 9.94. The molecule has 9 nitrogen and oxygen atoms in total. The van der Waals surface area contributed by atoms with Crippen molar-refractivity contribution in [1.29, 1.82) is 5.41 Å². The van der Waals surface area contributed by atoms with Gasteiger partial charge in [-0.25, -0.2) is 0 Å². The maximum Gasteiger partial charge on any atom is 0.243 e. The number of likely N-dealkylation sites (tertiary alicyclic amines) is 1. The van der Waals surface area contributed by atoms with Crippen LogP contribution < -0.4 is 21.1 Å². The van der Waals surface area contributed by atoms with Gasteiger partial charge in [0.2, 0.25) is 17.7 Å². The zero-order valence-electron chi connectivity index (χ0n) is 20.1. The number of ether oxygens (including phenoxy) is 1. The Kier molecular flexibility index (Phi) is 9.25. The van der Waals surface area contributed by atoms with Gasteiger partial charge in [0.1, 0.15) is 17.6 Å². The van der Waals surface area contributed by atoms with Crippen molar-refractivity contribution in [3.63, 3.8) is 0 Å². The van der Waals surface area contributed by atoms with Gasteiger partial charge in [0.05, 0.1) is 19.7 Å². The van der Waals surface area contributed by atoms with Gasteiger partial charge in [-0.3, -0.25) is 19.8 Å². The highest BCUT2D eigenvalue weighted by Gasteiger charge is 2.38. The Morgan fingerprint density at radius 2 is 1.94 bits per heavy atom. The number of benzene rings is 1. The first-order chi connectivity index (χ1) is 16.8. The average Bonchev–Trinajstić information content (AvgIpc) is 3.41. The Labute approximate surface area is 209 Å². The molecular weight excluding hydrogens is 466 g/mol. The van der Waals surface area contributed by atoms with Crippen LogP contribution >= 0.6 is 11.3 Å². The number of amides is 3. The van der Waals surface area contributed by atoms with Crippen molar-refractivity contribution < 1.29 is 19.1 Å². The van der Waals surface area contributed by atoms with Gasteiger partial charge in [-0.1, -0.05) is 18.2 Å². The van der Waals surface area contributed by atoms with Crippen molar-refractivity contribution >= 4 is 34.9 Å². The summed E-state index contributed by atoms with van der Waals surface area (Å²) in [7, 11) is 0. The second-order valence-electron chi connectivity index (χ2n) is 8.60. The van der Waals surface area contributed by atoms with E-state index in [4.69, 9.17) is 15.9 Å². The molecule has 1 aliphatic heterocycles. The van der Waals surface area contributed by atoms with Gasteiger partial charge in [0, 0.05) is 27.8 Å². The molecule has 10 heteroatoms. The third-order valence-electron chi connectivity index (χ3n) is 5.95. The predicted molar refractivity (Wildman–Crippen MR) is 135 cm³/mol. The van der Waals surface area contributed by atoms with Crippen LogP contribution in [0, 0.1) is 12.3 Å². The van der Waals surface area contributed by atoms with Crippen LogP contribution in [0.15, 0.2) is 36.4 Å². The smallest absolute Gasteiger partial charge is 0.243 e. The molecular formula is C25H33N5O4S. The number of hydrogen-bond donors (Lipinski definition) is 4. The predicted octanol–water partition coefficient (Wildman–Crippen LogP) is 2.31. The maximum atomic E-state index is 12.9. The Bertz CT molecular complexity index is 1060. The molecule has 3 amide bonds.